The third kappa shape index (κ3) is 5.53. The van der Waals surface area contributed by atoms with Gasteiger partial charge < -0.3 is 9.73 Å². The smallest absolute Gasteiger partial charge is 0.259 e. The molecule has 7 heteroatoms. The highest BCUT2D eigenvalue weighted by Crippen LogP contribution is 2.39. The number of hydrogen-bond acceptors (Lipinski definition) is 4. The number of aliphatic imine (C=N–C) groups is 1. The Morgan fingerprint density at radius 3 is 2.57 bits per heavy atom. The highest BCUT2D eigenvalue weighted by atomic mass is 35.5. The van der Waals surface area contributed by atoms with Gasteiger partial charge in [-0.15, -0.1) is 11.3 Å². The van der Waals surface area contributed by atoms with E-state index in [0.717, 1.165) is 42.5 Å². The average Bonchev–Trinajstić information content (AvgIpc) is 3.43. The molecule has 4 aromatic rings. The van der Waals surface area contributed by atoms with Crippen molar-refractivity contribution in [2.24, 2.45) is 4.99 Å². The Morgan fingerprint density at radius 1 is 0.971 bits per heavy atom. The summed E-state index contributed by atoms with van der Waals surface area (Å²) in [6, 6.07) is 18.5. The molecule has 0 fully saturated rings. The van der Waals surface area contributed by atoms with E-state index in [1.807, 2.05) is 48.5 Å². The maximum Gasteiger partial charge on any atom is 0.259 e. The van der Waals surface area contributed by atoms with Gasteiger partial charge in [-0.3, -0.25) is 4.79 Å². The average molecular weight is 523 g/mol. The number of halogens is 2. The number of benzene rings is 2. The zero-order valence-corrected chi connectivity index (χ0v) is 21.3. The molecule has 0 unspecified atom stereocenters. The van der Waals surface area contributed by atoms with Crippen LogP contribution >= 0.6 is 34.5 Å². The highest BCUT2D eigenvalue weighted by Gasteiger charge is 2.24. The molecule has 1 aliphatic carbocycles. The molecule has 0 bridgehead atoms. The summed E-state index contributed by atoms with van der Waals surface area (Å²) in [4.78, 5) is 19.4. The molecule has 1 aliphatic rings. The van der Waals surface area contributed by atoms with Crippen molar-refractivity contribution in [2.75, 3.05) is 5.32 Å². The molecular formula is C28H24Cl2N2O2S. The van der Waals surface area contributed by atoms with Gasteiger partial charge in [0, 0.05) is 21.2 Å². The highest BCUT2D eigenvalue weighted by molar-refractivity contribution is 7.16. The summed E-state index contributed by atoms with van der Waals surface area (Å²) in [5.41, 5.74) is 3.36. The van der Waals surface area contributed by atoms with Crippen molar-refractivity contribution in [3.63, 3.8) is 0 Å². The minimum Gasteiger partial charge on any atom is -0.455 e. The van der Waals surface area contributed by atoms with Crippen LogP contribution in [0.25, 0.3) is 11.3 Å². The topological polar surface area (TPSA) is 54.6 Å². The van der Waals surface area contributed by atoms with Gasteiger partial charge in [0.15, 0.2) is 0 Å². The first-order valence-corrected chi connectivity index (χ1v) is 13.3. The monoisotopic (exact) mass is 522 g/mol. The second-order valence-corrected chi connectivity index (χ2v) is 10.4. The maximum absolute atomic E-state index is 13.4. The van der Waals surface area contributed by atoms with Gasteiger partial charge in [0.1, 0.15) is 16.5 Å². The van der Waals surface area contributed by atoms with E-state index in [1.54, 1.807) is 29.7 Å². The molecular weight excluding hydrogens is 499 g/mol. The van der Waals surface area contributed by atoms with Gasteiger partial charge in [0.2, 0.25) is 0 Å². The number of furan rings is 1. The lowest BCUT2D eigenvalue weighted by atomic mass is 9.96. The van der Waals surface area contributed by atoms with Gasteiger partial charge in [-0.25, -0.2) is 4.99 Å². The first-order chi connectivity index (χ1) is 17.1. The number of hydrogen-bond donors (Lipinski definition) is 1. The summed E-state index contributed by atoms with van der Waals surface area (Å²) in [6.07, 6.45) is 8.20. The summed E-state index contributed by atoms with van der Waals surface area (Å²) in [5.74, 6) is 1.10. The van der Waals surface area contributed by atoms with E-state index >= 15 is 0 Å². The standard InChI is InChI=1S/C28H24Cl2N2O2S/c29-18-12-14-21(23(30)16-18)24-15-13-20(34-24)17-31-28-26(27(33)32-19-8-4-3-5-9-19)22-10-6-1-2-7-11-25(22)35-28/h3-5,8-9,12-17H,1-2,6-7,10-11H2,(H,32,33). The number of aryl methyl sites for hydroxylation is 1. The molecule has 0 saturated heterocycles. The molecule has 4 nitrogen and oxygen atoms in total. The number of thiophene rings is 1. The summed E-state index contributed by atoms with van der Waals surface area (Å²) < 4.78 is 5.98. The molecule has 0 saturated carbocycles. The first kappa shape index (κ1) is 23.9. The second kappa shape index (κ2) is 10.8. The molecule has 5 rings (SSSR count). The molecule has 1 N–H and O–H groups in total. The molecule has 35 heavy (non-hydrogen) atoms. The van der Waals surface area contributed by atoms with Crippen molar-refractivity contribution in [3.8, 4) is 11.3 Å². The Kier molecular flexibility index (Phi) is 7.37. The molecule has 178 valence electrons. The van der Waals surface area contributed by atoms with Crippen LogP contribution in [-0.4, -0.2) is 12.1 Å². The van der Waals surface area contributed by atoms with E-state index in [0.29, 0.717) is 32.1 Å². The quantitative estimate of drug-likeness (QED) is 0.266. The Balaban J connectivity index is 1.46. The minimum atomic E-state index is -0.116. The predicted molar refractivity (Wildman–Crippen MR) is 146 cm³/mol. The molecule has 0 spiro atoms. The van der Waals surface area contributed by atoms with Crippen molar-refractivity contribution in [2.45, 2.75) is 38.5 Å². The van der Waals surface area contributed by atoms with Gasteiger partial charge in [-0.1, -0.05) is 54.2 Å². The number of rotatable bonds is 5. The predicted octanol–water partition coefficient (Wildman–Crippen LogP) is 8.98. The van der Waals surface area contributed by atoms with Crippen LogP contribution in [0, 0.1) is 0 Å². The van der Waals surface area contributed by atoms with Crippen LogP contribution < -0.4 is 5.32 Å². The number of anilines is 1. The lowest BCUT2D eigenvalue weighted by molar-refractivity contribution is 0.102. The van der Waals surface area contributed by atoms with E-state index in [4.69, 9.17) is 32.6 Å². The Labute approximate surface area is 218 Å². The van der Waals surface area contributed by atoms with Crippen molar-refractivity contribution in [1.29, 1.82) is 0 Å². The fourth-order valence-electron chi connectivity index (χ4n) is 4.32. The van der Waals surface area contributed by atoms with Gasteiger partial charge in [-0.05, 0) is 73.7 Å². The van der Waals surface area contributed by atoms with E-state index in [2.05, 4.69) is 5.32 Å². The van der Waals surface area contributed by atoms with Gasteiger partial charge in [0.05, 0.1) is 16.8 Å². The lowest BCUT2D eigenvalue weighted by Gasteiger charge is -2.11. The molecule has 0 aliphatic heterocycles. The van der Waals surface area contributed by atoms with E-state index < -0.39 is 0 Å². The van der Waals surface area contributed by atoms with Crippen LogP contribution in [0.5, 0.6) is 0 Å². The molecule has 0 radical (unpaired) electrons. The maximum atomic E-state index is 13.4. The van der Waals surface area contributed by atoms with Crippen LogP contribution in [0.4, 0.5) is 10.7 Å². The fraction of sp³-hybridized carbons (Fsp3) is 0.214. The Morgan fingerprint density at radius 2 is 1.77 bits per heavy atom. The number of carbonyl (C=O) groups is 1. The number of para-hydroxylation sites is 1. The van der Waals surface area contributed by atoms with E-state index in [-0.39, 0.29) is 5.91 Å². The number of nitrogens with zero attached hydrogens (tertiary/aromatic N) is 1. The van der Waals surface area contributed by atoms with Gasteiger partial charge >= 0.3 is 0 Å². The minimum absolute atomic E-state index is 0.116. The zero-order valence-electron chi connectivity index (χ0n) is 19.0. The first-order valence-electron chi connectivity index (χ1n) is 11.7. The third-order valence-corrected chi connectivity index (χ3v) is 7.79. The van der Waals surface area contributed by atoms with Crippen LogP contribution in [0.15, 0.2) is 70.1 Å². The van der Waals surface area contributed by atoms with Crippen molar-refractivity contribution in [1.82, 2.24) is 0 Å². The Hall–Kier alpha value is -2.86. The summed E-state index contributed by atoms with van der Waals surface area (Å²) in [7, 11) is 0. The molecule has 2 heterocycles. The van der Waals surface area contributed by atoms with Crippen molar-refractivity contribution >= 4 is 57.3 Å². The normalized spacial score (nSPS) is 13.9. The van der Waals surface area contributed by atoms with Crippen LogP contribution in [-0.2, 0) is 12.8 Å². The number of carbonyl (C=O) groups excluding carboxylic acids is 1. The third-order valence-electron chi connectivity index (χ3n) is 6.04. The molecule has 0 atom stereocenters. The number of fused-ring (bicyclic) bond motifs is 1. The van der Waals surface area contributed by atoms with Crippen molar-refractivity contribution < 1.29 is 9.21 Å². The van der Waals surface area contributed by atoms with Gasteiger partial charge in [-0.2, -0.15) is 0 Å². The number of nitrogens with one attached hydrogen (secondary N) is 1. The van der Waals surface area contributed by atoms with E-state index in [9.17, 15) is 4.79 Å². The van der Waals surface area contributed by atoms with Gasteiger partial charge in [0.25, 0.3) is 5.91 Å². The van der Waals surface area contributed by atoms with Crippen LogP contribution in [0.2, 0.25) is 10.0 Å². The van der Waals surface area contributed by atoms with E-state index in [1.165, 1.54) is 17.7 Å². The van der Waals surface area contributed by atoms with Crippen molar-refractivity contribution in [3.05, 3.63) is 92.5 Å². The van der Waals surface area contributed by atoms with Crippen LogP contribution in [0.3, 0.4) is 0 Å². The summed E-state index contributed by atoms with van der Waals surface area (Å²) in [5, 5.41) is 4.86. The molecule has 2 aromatic heterocycles. The lowest BCUT2D eigenvalue weighted by Crippen LogP contribution is -2.14. The summed E-state index contributed by atoms with van der Waals surface area (Å²) in [6.45, 7) is 0. The largest absolute Gasteiger partial charge is 0.455 e. The zero-order chi connectivity index (χ0) is 24.2. The summed E-state index contributed by atoms with van der Waals surface area (Å²) >= 11 is 14.0. The Bertz CT molecular complexity index is 1380. The number of amides is 1. The second-order valence-electron chi connectivity index (χ2n) is 8.50. The SMILES string of the molecule is O=C(Nc1ccccc1)c1c(N=Cc2ccc(-c3ccc(Cl)cc3Cl)o2)sc2c1CCCCCC2. The molecule has 1 amide bonds. The fourth-order valence-corrected chi connectivity index (χ4v) is 6.06. The van der Waals surface area contributed by atoms with Crippen LogP contribution in [0.1, 0.15) is 52.2 Å². The molecule has 2 aromatic carbocycles.